The number of carbonyl (C=O) groups excluding carboxylic acids is 1. The smallest absolute Gasteiger partial charge is 0.320 e. The number of aliphatic carboxylic acids is 1. The van der Waals surface area contributed by atoms with Gasteiger partial charge in [0.25, 0.3) is 0 Å². The van der Waals surface area contributed by atoms with E-state index in [2.05, 4.69) is 13.8 Å². The van der Waals surface area contributed by atoms with Crippen LogP contribution in [0, 0.1) is 11.8 Å². The van der Waals surface area contributed by atoms with E-state index in [-0.39, 0.29) is 18.4 Å². The van der Waals surface area contributed by atoms with Gasteiger partial charge in [-0.05, 0) is 25.2 Å². The molecule has 1 aliphatic rings. The number of nitrogens with zero attached hydrogens (tertiary/aromatic N) is 2. The summed E-state index contributed by atoms with van der Waals surface area (Å²) >= 11 is 0. The number of hydrogen-bond acceptors (Lipinski definition) is 2. The van der Waals surface area contributed by atoms with Crippen molar-refractivity contribution in [3.05, 3.63) is 0 Å². The Labute approximate surface area is 109 Å². The number of carboxylic acid groups (broad SMARTS) is 1. The molecule has 1 N–H and O–H groups in total. The van der Waals surface area contributed by atoms with Gasteiger partial charge in [-0.2, -0.15) is 0 Å². The lowest BCUT2D eigenvalue weighted by atomic mass is 10.1. The molecule has 1 atom stereocenters. The van der Waals surface area contributed by atoms with E-state index in [1.165, 1.54) is 0 Å². The van der Waals surface area contributed by atoms with E-state index in [9.17, 15) is 9.59 Å². The first-order chi connectivity index (χ1) is 8.43. The van der Waals surface area contributed by atoms with Gasteiger partial charge in [0.15, 0.2) is 0 Å². The number of hydrogen-bond donors (Lipinski definition) is 1. The molecule has 0 saturated carbocycles. The van der Waals surface area contributed by atoms with Gasteiger partial charge in [0.05, 0.1) is 0 Å². The molecule has 0 radical (unpaired) electrons. The monoisotopic (exact) mass is 256 g/mol. The number of likely N-dealkylation sites (tertiary alicyclic amines) is 1. The molecule has 104 valence electrons. The quantitative estimate of drug-likeness (QED) is 0.817. The van der Waals surface area contributed by atoms with Crippen molar-refractivity contribution >= 4 is 12.0 Å². The minimum Gasteiger partial charge on any atom is -0.481 e. The number of carbonyl (C=O) groups is 2. The summed E-state index contributed by atoms with van der Waals surface area (Å²) in [5.41, 5.74) is 0. The molecular formula is C13H24N2O3. The van der Waals surface area contributed by atoms with Crippen molar-refractivity contribution in [3.63, 3.8) is 0 Å². The van der Waals surface area contributed by atoms with Crippen LogP contribution in [0.15, 0.2) is 0 Å². The first-order valence-corrected chi connectivity index (χ1v) is 6.69. The zero-order valence-electron chi connectivity index (χ0n) is 11.6. The molecule has 0 aromatic heterocycles. The predicted molar refractivity (Wildman–Crippen MR) is 69.4 cm³/mol. The number of urea groups is 1. The average Bonchev–Trinajstić information content (AvgIpc) is 2.72. The highest BCUT2D eigenvalue weighted by molar-refractivity contribution is 5.75. The Morgan fingerprint density at radius 2 is 2.11 bits per heavy atom. The van der Waals surface area contributed by atoms with Gasteiger partial charge in [-0.25, -0.2) is 4.79 Å². The van der Waals surface area contributed by atoms with Crippen LogP contribution in [0.4, 0.5) is 4.79 Å². The lowest BCUT2D eigenvalue weighted by Crippen LogP contribution is -2.43. The molecule has 0 aromatic carbocycles. The van der Waals surface area contributed by atoms with Crippen LogP contribution >= 0.6 is 0 Å². The largest absolute Gasteiger partial charge is 0.481 e. The first kappa shape index (κ1) is 14.8. The maximum atomic E-state index is 12.2. The van der Waals surface area contributed by atoms with Gasteiger partial charge in [0.2, 0.25) is 0 Å². The zero-order valence-corrected chi connectivity index (χ0v) is 11.6. The Bertz CT molecular complexity index is 305. The Kier molecular flexibility index (Phi) is 5.44. The van der Waals surface area contributed by atoms with Gasteiger partial charge in [0.1, 0.15) is 0 Å². The summed E-state index contributed by atoms with van der Waals surface area (Å²) in [7, 11) is 0. The summed E-state index contributed by atoms with van der Waals surface area (Å²) in [6.45, 7) is 8.89. The van der Waals surface area contributed by atoms with Crippen LogP contribution in [0.2, 0.25) is 0 Å². The van der Waals surface area contributed by atoms with Crippen molar-refractivity contribution in [1.82, 2.24) is 9.80 Å². The molecule has 0 spiro atoms. The van der Waals surface area contributed by atoms with E-state index in [4.69, 9.17) is 5.11 Å². The summed E-state index contributed by atoms with van der Waals surface area (Å²) in [5.74, 6) is -0.209. The Hall–Kier alpha value is -1.26. The predicted octanol–water partition coefficient (Wildman–Crippen LogP) is 1.88. The summed E-state index contributed by atoms with van der Waals surface area (Å²) in [5, 5.41) is 8.76. The third kappa shape index (κ3) is 4.20. The van der Waals surface area contributed by atoms with Crippen LogP contribution in [0.3, 0.4) is 0 Å². The van der Waals surface area contributed by atoms with Crippen LogP contribution < -0.4 is 0 Å². The molecule has 5 heteroatoms. The maximum Gasteiger partial charge on any atom is 0.320 e. The van der Waals surface area contributed by atoms with Crippen LogP contribution in [0.25, 0.3) is 0 Å². The van der Waals surface area contributed by atoms with Crippen molar-refractivity contribution in [2.75, 3.05) is 26.2 Å². The fraction of sp³-hybridized carbons (Fsp3) is 0.846. The molecule has 1 aliphatic heterocycles. The second kappa shape index (κ2) is 6.61. The van der Waals surface area contributed by atoms with Crippen molar-refractivity contribution in [1.29, 1.82) is 0 Å². The molecule has 1 heterocycles. The lowest BCUT2D eigenvalue weighted by Gasteiger charge is -2.28. The Balaban J connectivity index is 2.49. The first-order valence-electron chi connectivity index (χ1n) is 6.69. The topological polar surface area (TPSA) is 60.9 Å². The minimum atomic E-state index is -0.774. The molecule has 1 saturated heterocycles. The molecule has 1 unspecified atom stereocenters. The second-order valence-electron chi connectivity index (χ2n) is 5.41. The number of amides is 2. The van der Waals surface area contributed by atoms with Gasteiger partial charge in [-0.3, -0.25) is 4.79 Å². The van der Waals surface area contributed by atoms with E-state index in [0.717, 1.165) is 13.0 Å². The van der Waals surface area contributed by atoms with Crippen LogP contribution in [0.5, 0.6) is 0 Å². The molecule has 18 heavy (non-hydrogen) atoms. The summed E-state index contributed by atoms with van der Waals surface area (Å²) in [4.78, 5) is 26.5. The highest BCUT2D eigenvalue weighted by Gasteiger charge is 2.30. The van der Waals surface area contributed by atoms with Crippen molar-refractivity contribution < 1.29 is 14.7 Å². The van der Waals surface area contributed by atoms with Crippen LogP contribution in [-0.4, -0.2) is 53.1 Å². The van der Waals surface area contributed by atoms with E-state index < -0.39 is 5.97 Å². The standard InChI is InChI=1S/C13H24N2O3/c1-4-14(8-10(2)3)13(18)15-6-5-11(9-15)7-12(16)17/h10-11H,4-9H2,1-3H3,(H,16,17). The molecule has 0 aliphatic carbocycles. The summed E-state index contributed by atoms with van der Waals surface area (Å²) in [6, 6.07) is 0.0547. The number of rotatable bonds is 5. The molecule has 1 fully saturated rings. The van der Waals surface area contributed by atoms with Crippen LogP contribution in [0.1, 0.15) is 33.6 Å². The number of carboxylic acids is 1. The molecule has 1 rings (SSSR count). The maximum absolute atomic E-state index is 12.2. The molecule has 5 nitrogen and oxygen atoms in total. The van der Waals surface area contributed by atoms with Gasteiger partial charge in [0, 0.05) is 32.6 Å². The van der Waals surface area contributed by atoms with Crippen LogP contribution in [-0.2, 0) is 4.79 Å². The van der Waals surface area contributed by atoms with Gasteiger partial charge >= 0.3 is 12.0 Å². The summed E-state index contributed by atoms with van der Waals surface area (Å²) in [6.07, 6.45) is 0.970. The van der Waals surface area contributed by atoms with E-state index >= 15 is 0 Å². The Morgan fingerprint density at radius 1 is 1.44 bits per heavy atom. The van der Waals surface area contributed by atoms with Crippen molar-refractivity contribution in [3.8, 4) is 0 Å². The van der Waals surface area contributed by atoms with E-state index in [1.807, 2.05) is 11.8 Å². The summed E-state index contributed by atoms with van der Waals surface area (Å²) < 4.78 is 0. The molecular weight excluding hydrogens is 232 g/mol. The average molecular weight is 256 g/mol. The van der Waals surface area contributed by atoms with E-state index in [1.54, 1.807) is 4.90 Å². The zero-order chi connectivity index (χ0) is 13.7. The molecule has 2 amide bonds. The fourth-order valence-corrected chi connectivity index (χ4v) is 2.40. The third-order valence-corrected chi connectivity index (χ3v) is 3.26. The highest BCUT2D eigenvalue weighted by Crippen LogP contribution is 2.21. The van der Waals surface area contributed by atoms with Crippen molar-refractivity contribution in [2.45, 2.75) is 33.6 Å². The normalized spacial score (nSPS) is 19.3. The SMILES string of the molecule is CCN(CC(C)C)C(=O)N1CCC(CC(=O)O)C1. The van der Waals surface area contributed by atoms with Crippen molar-refractivity contribution in [2.24, 2.45) is 11.8 Å². The molecule has 0 bridgehead atoms. The fourth-order valence-electron chi connectivity index (χ4n) is 2.40. The Morgan fingerprint density at radius 3 is 2.61 bits per heavy atom. The lowest BCUT2D eigenvalue weighted by molar-refractivity contribution is -0.138. The highest BCUT2D eigenvalue weighted by atomic mass is 16.4. The van der Waals surface area contributed by atoms with E-state index in [0.29, 0.717) is 25.6 Å². The van der Waals surface area contributed by atoms with Gasteiger partial charge in [-0.1, -0.05) is 13.8 Å². The second-order valence-corrected chi connectivity index (χ2v) is 5.41. The van der Waals surface area contributed by atoms with Gasteiger partial charge < -0.3 is 14.9 Å². The minimum absolute atomic E-state index is 0.0547. The molecule has 0 aromatic rings. The third-order valence-electron chi connectivity index (χ3n) is 3.26. The van der Waals surface area contributed by atoms with Gasteiger partial charge in [-0.15, -0.1) is 0 Å².